The van der Waals surface area contributed by atoms with Gasteiger partial charge in [0.1, 0.15) is 5.69 Å². The van der Waals surface area contributed by atoms with Crippen molar-refractivity contribution >= 4 is 11.8 Å². The van der Waals surface area contributed by atoms with E-state index in [1.165, 1.54) is 11.8 Å². The molecule has 3 saturated heterocycles. The number of hydrogen-bond donors (Lipinski definition) is 1. The van der Waals surface area contributed by atoms with E-state index in [0.717, 1.165) is 11.1 Å². The number of benzene rings is 2. The Labute approximate surface area is 187 Å². The second-order valence-electron chi connectivity index (χ2n) is 8.61. The van der Waals surface area contributed by atoms with Crippen molar-refractivity contribution in [3.05, 3.63) is 83.9 Å². The maximum atomic E-state index is 12.7. The molecule has 1 aromatic heterocycles. The highest BCUT2D eigenvalue weighted by molar-refractivity contribution is 5.95. The van der Waals surface area contributed by atoms with E-state index in [2.05, 4.69) is 39.6 Å². The Balaban J connectivity index is 1.29. The predicted octanol–water partition coefficient (Wildman–Crippen LogP) is 2.43. The van der Waals surface area contributed by atoms with Gasteiger partial charge in [-0.3, -0.25) is 14.6 Å². The monoisotopic (exact) mass is 427 g/mol. The Bertz CT molecular complexity index is 1130. The lowest BCUT2D eigenvalue weighted by Crippen LogP contribution is -2.72. The van der Waals surface area contributed by atoms with Crippen LogP contribution in [-0.4, -0.2) is 70.9 Å². The van der Waals surface area contributed by atoms with Gasteiger partial charge in [0.05, 0.1) is 6.20 Å². The lowest BCUT2D eigenvalue weighted by molar-refractivity contribution is 0.0362. The van der Waals surface area contributed by atoms with E-state index < -0.39 is 0 Å². The van der Waals surface area contributed by atoms with Crippen LogP contribution >= 0.6 is 0 Å². The third-order valence-electron chi connectivity index (χ3n) is 6.34. The molecule has 3 atom stereocenters. The van der Waals surface area contributed by atoms with Gasteiger partial charge in [-0.2, -0.15) is 0 Å². The SMILES string of the molecule is CN(C)C(=O)c1cccc(-c2ccc(C3[C@@H]4CN(C(=O)c5cnccn5)C[C@H]3N4)cc2)c1. The molecule has 7 nitrogen and oxygen atoms in total. The summed E-state index contributed by atoms with van der Waals surface area (Å²) in [4.78, 5) is 36.6. The minimum atomic E-state index is -0.0597. The molecule has 1 unspecified atom stereocenters. The maximum Gasteiger partial charge on any atom is 0.274 e. The molecule has 6 rings (SSSR count). The first-order chi connectivity index (χ1) is 15.5. The van der Waals surface area contributed by atoms with E-state index >= 15 is 0 Å². The molecule has 3 aliphatic heterocycles. The van der Waals surface area contributed by atoms with Gasteiger partial charge >= 0.3 is 0 Å². The fourth-order valence-corrected chi connectivity index (χ4v) is 4.72. The van der Waals surface area contributed by atoms with E-state index in [1.807, 2.05) is 29.2 Å². The number of fused-ring (bicyclic) bond motifs is 2. The number of rotatable bonds is 4. The summed E-state index contributed by atoms with van der Waals surface area (Å²) in [6.07, 6.45) is 4.64. The fraction of sp³-hybridized carbons (Fsp3) is 0.280. The smallest absolute Gasteiger partial charge is 0.274 e. The number of hydrogen-bond acceptors (Lipinski definition) is 5. The molecule has 162 valence electrons. The quantitative estimate of drug-likeness (QED) is 0.692. The minimum Gasteiger partial charge on any atom is -0.345 e. The molecule has 7 heteroatoms. The molecule has 0 saturated carbocycles. The first kappa shape index (κ1) is 20.3. The first-order valence-electron chi connectivity index (χ1n) is 10.7. The number of nitrogens with zero attached hydrogens (tertiary/aromatic N) is 4. The molecule has 2 bridgehead atoms. The number of nitrogens with one attached hydrogen (secondary N) is 1. The van der Waals surface area contributed by atoms with Crippen LogP contribution in [0.4, 0.5) is 0 Å². The average Bonchev–Trinajstić information content (AvgIpc) is 2.84. The molecule has 0 spiro atoms. The summed E-state index contributed by atoms with van der Waals surface area (Å²) in [5.41, 5.74) is 4.46. The van der Waals surface area contributed by atoms with Crippen molar-refractivity contribution in [2.24, 2.45) is 0 Å². The number of aromatic nitrogens is 2. The van der Waals surface area contributed by atoms with E-state index in [1.54, 1.807) is 31.4 Å². The van der Waals surface area contributed by atoms with Gasteiger partial charge in [0, 0.05) is 63.1 Å². The average molecular weight is 428 g/mol. The van der Waals surface area contributed by atoms with Crippen LogP contribution in [0.2, 0.25) is 0 Å². The molecule has 2 amide bonds. The van der Waals surface area contributed by atoms with E-state index in [0.29, 0.717) is 30.3 Å². The Morgan fingerprint density at radius 3 is 2.41 bits per heavy atom. The summed E-state index contributed by atoms with van der Waals surface area (Å²) < 4.78 is 0. The highest BCUT2D eigenvalue weighted by Crippen LogP contribution is 2.37. The minimum absolute atomic E-state index is 0.00239. The maximum absolute atomic E-state index is 12.7. The van der Waals surface area contributed by atoms with Crippen molar-refractivity contribution < 1.29 is 9.59 Å². The zero-order chi connectivity index (χ0) is 22.2. The second kappa shape index (κ2) is 8.16. The van der Waals surface area contributed by atoms with Crippen LogP contribution < -0.4 is 5.32 Å². The predicted molar refractivity (Wildman–Crippen MR) is 121 cm³/mol. The molecule has 4 heterocycles. The third-order valence-corrected chi connectivity index (χ3v) is 6.34. The molecule has 3 aromatic rings. The lowest BCUT2D eigenvalue weighted by atomic mass is 9.74. The third kappa shape index (κ3) is 3.65. The van der Waals surface area contributed by atoms with Gasteiger partial charge in [-0.15, -0.1) is 0 Å². The summed E-state index contributed by atoms with van der Waals surface area (Å²) >= 11 is 0. The van der Waals surface area contributed by atoms with Crippen LogP contribution in [0, 0.1) is 0 Å². The van der Waals surface area contributed by atoms with Gasteiger partial charge in [-0.05, 0) is 28.8 Å². The standard InChI is InChI=1S/C25H25N5O2/c1-29(2)24(31)19-5-3-4-18(12-19)16-6-8-17(9-7-16)23-21-14-30(15-22(23)28-21)25(32)20-13-26-10-11-27-20/h3-13,21-23,28H,14-15H2,1-2H3/t21-,22+,23?. The summed E-state index contributed by atoms with van der Waals surface area (Å²) in [5, 5.41) is 3.57. The molecular weight excluding hydrogens is 402 g/mol. The largest absolute Gasteiger partial charge is 0.345 e. The number of amides is 2. The molecule has 3 aliphatic rings. The van der Waals surface area contributed by atoms with Gasteiger partial charge in [-0.25, -0.2) is 4.98 Å². The van der Waals surface area contributed by atoms with E-state index in [9.17, 15) is 9.59 Å². The van der Waals surface area contributed by atoms with Crippen molar-refractivity contribution in [3.63, 3.8) is 0 Å². The van der Waals surface area contributed by atoms with Gasteiger partial charge < -0.3 is 15.1 Å². The topological polar surface area (TPSA) is 78.4 Å². The molecular formula is C25H25N5O2. The fourth-order valence-electron chi connectivity index (χ4n) is 4.72. The molecule has 3 fully saturated rings. The number of carbonyl (C=O) groups is 2. The van der Waals surface area contributed by atoms with Crippen LogP contribution in [0.3, 0.4) is 0 Å². The first-order valence-corrected chi connectivity index (χ1v) is 10.7. The zero-order valence-corrected chi connectivity index (χ0v) is 18.1. The van der Waals surface area contributed by atoms with Gasteiger partial charge in [-0.1, -0.05) is 36.4 Å². The van der Waals surface area contributed by atoms with E-state index in [-0.39, 0.29) is 23.9 Å². The Kier molecular flexibility index (Phi) is 5.19. The van der Waals surface area contributed by atoms with Crippen molar-refractivity contribution in [2.45, 2.75) is 18.0 Å². The lowest BCUT2D eigenvalue weighted by Gasteiger charge is -2.54. The number of piperidine rings is 1. The van der Waals surface area contributed by atoms with E-state index in [4.69, 9.17) is 0 Å². The van der Waals surface area contributed by atoms with Crippen LogP contribution in [0.5, 0.6) is 0 Å². The van der Waals surface area contributed by atoms with Crippen molar-refractivity contribution in [1.29, 1.82) is 0 Å². The van der Waals surface area contributed by atoms with Crippen LogP contribution in [0.15, 0.2) is 67.1 Å². The number of piperazine rings is 1. The summed E-state index contributed by atoms with van der Waals surface area (Å²) in [6, 6.07) is 16.8. The van der Waals surface area contributed by atoms with Crippen molar-refractivity contribution in [1.82, 2.24) is 25.1 Å². The summed E-state index contributed by atoms with van der Waals surface area (Å²) in [6.45, 7) is 1.32. The van der Waals surface area contributed by atoms with Crippen LogP contribution in [0.25, 0.3) is 11.1 Å². The number of carbonyl (C=O) groups excluding carboxylic acids is 2. The van der Waals surface area contributed by atoms with Crippen LogP contribution in [0.1, 0.15) is 32.3 Å². The second-order valence-corrected chi connectivity index (χ2v) is 8.61. The summed E-state index contributed by atoms with van der Waals surface area (Å²) in [5.74, 6) is 0.324. The highest BCUT2D eigenvalue weighted by Gasteiger charge is 2.48. The Hall–Kier alpha value is -3.58. The van der Waals surface area contributed by atoms with Gasteiger partial charge in [0.2, 0.25) is 0 Å². The molecule has 0 radical (unpaired) electrons. The van der Waals surface area contributed by atoms with Crippen LogP contribution in [-0.2, 0) is 0 Å². The summed E-state index contributed by atoms with van der Waals surface area (Å²) in [7, 11) is 3.52. The Morgan fingerprint density at radius 2 is 1.75 bits per heavy atom. The molecule has 32 heavy (non-hydrogen) atoms. The van der Waals surface area contributed by atoms with Crippen molar-refractivity contribution in [3.8, 4) is 11.1 Å². The molecule has 1 N–H and O–H groups in total. The van der Waals surface area contributed by atoms with Crippen molar-refractivity contribution in [2.75, 3.05) is 27.2 Å². The zero-order valence-electron chi connectivity index (χ0n) is 18.1. The normalized spacial score (nSPS) is 21.6. The van der Waals surface area contributed by atoms with Gasteiger partial charge in [0.15, 0.2) is 0 Å². The molecule has 2 aromatic carbocycles. The molecule has 0 aliphatic carbocycles. The highest BCUT2D eigenvalue weighted by atomic mass is 16.2. The Morgan fingerprint density at radius 1 is 1.00 bits per heavy atom. The van der Waals surface area contributed by atoms with Gasteiger partial charge in [0.25, 0.3) is 11.8 Å².